The van der Waals surface area contributed by atoms with E-state index in [1.54, 1.807) is 0 Å². The van der Waals surface area contributed by atoms with Crippen molar-refractivity contribution in [2.75, 3.05) is 19.6 Å². The van der Waals surface area contributed by atoms with Crippen molar-refractivity contribution in [1.29, 1.82) is 0 Å². The first-order chi connectivity index (χ1) is 10.3. The molecule has 2 unspecified atom stereocenters. The number of rotatable bonds is 3. The van der Waals surface area contributed by atoms with Gasteiger partial charge in [0.25, 0.3) is 0 Å². The number of piperidine rings is 1. The van der Waals surface area contributed by atoms with E-state index in [1.807, 2.05) is 25.7 Å². The molecule has 2 atom stereocenters. The molecule has 1 saturated carbocycles. The number of hydrogen-bond donors (Lipinski definition) is 2. The number of carbonyl (C=O) groups is 1. The molecule has 2 N–H and O–H groups in total. The number of nitrogens with zero attached hydrogens (tertiary/aromatic N) is 1. The minimum absolute atomic E-state index is 0.102. The van der Waals surface area contributed by atoms with Gasteiger partial charge in [-0.3, -0.25) is 0 Å². The van der Waals surface area contributed by atoms with Crippen molar-refractivity contribution in [1.82, 2.24) is 10.2 Å². The number of carbonyl (C=O) groups excluding carboxylic acids is 1. The zero-order valence-corrected chi connectivity index (χ0v) is 14.3. The van der Waals surface area contributed by atoms with Gasteiger partial charge in [-0.15, -0.1) is 0 Å². The second-order valence-electron chi connectivity index (χ2n) is 7.84. The topological polar surface area (TPSA) is 61.8 Å². The minimum Gasteiger partial charge on any atom is -0.444 e. The van der Waals surface area contributed by atoms with Crippen LogP contribution in [0.4, 0.5) is 4.79 Å². The molecule has 2 aliphatic rings. The van der Waals surface area contributed by atoms with Crippen LogP contribution in [0.1, 0.15) is 59.3 Å². The van der Waals surface area contributed by atoms with E-state index < -0.39 is 5.60 Å². The predicted molar refractivity (Wildman–Crippen MR) is 86.8 cm³/mol. The predicted octanol–water partition coefficient (Wildman–Crippen LogP) is 2.53. The van der Waals surface area contributed by atoms with Gasteiger partial charge < -0.3 is 20.1 Å². The molecule has 0 spiro atoms. The smallest absolute Gasteiger partial charge is 0.410 e. The Hall–Kier alpha value is -0.810. The summed E-state index contributed by atoms with van der Waals surface area (Å²) >= 11 is 0. The highest BCUT2D eigenvalue weighted by molar-refractivity contribution is 5.68. The first-order valence-electron chi connectivity index (χ1n) is 8.73. The molecule has 2 fully saturated rings. The fourth-order valence-corrected chi connectivity index (χ4v) is 3.37. The molecule has 0 aromatic rings. The number of hydrogen-bond acceptors (Lipinski definition) is 4. The van der Waals surface area contributed by atoms with Crippen molar-refractivity contribution in [2.45, 2.75) is 77.0 Å². The molecule has 0 aromatic heterocycles. The molecule has 1 heterocycles. The number of ether oxygens (including phenoxy) is 1. The van der Waals surface area contributed by atoms with Crippen LogP contribution in [0.2, 0.25) is 0 Å². The summed E-state index contributed by atoms with van der Waals surface area (Å²) in [5, 5.41) is 13.3. The Morgan fingerprint density at radius 2 is 1.91 bits per heavy atom. The van der Waals surface area contributed by atoms with Gasteiger partial charge in [-0.05, 0) is 65.3 Å². The summed E-state index contributed by atoms with van der Waals surface area (Å²) in [4.78, 5) is 13.8. The second kappa shape index (κ2) is 7.64. The monoisotopic (exact) mass is 312 g/mol. The quantitative estimate of drug-likeness (QED) is 0.840. The van der Waals surface area contributed by atoms with Crippen molar-refractivity contribution in [3.8, 4) is 0 Å². The van der Waals surface area contributed by atoms with E-state index in [-0.39, 0.29) is 12.2 Å². The molecule has 0 aromatic carbocycles. The average molecular weight is 312 g/mol. The highest BCUT2D eigenvalue weighted by Gasteiger charge is 2.27. The molecule has 5 heteroatoms. The largest absolute Gasteiger partial charge is 0.444 e. The lowest BCUT2D eigenvalue weighted by molar-refractivity contribution is 0.0195. The normalized spacial score (nSPS) is 27.7. The first-order valence-corrected chi connectivity index (χ1v) is 8.73. The van der Waals surface area contributed by atoms with Crippen LogP contribution < -0.4 is 5.32 Å². The van der Waals surface area contributed by atoms with Crippen LogP contribution >= 0.6 is 0 Å². The highest BCUT2D eigenvalue weighted by Crippen LogP contribution is 2.24. The van der Waals surface area contributed by atoms with Crippen LogP contribution in [0.25, 0.3) is 0 Å². The van der Waals surface area contributed by atoms with Crippen LogP contribution in [-0.2, 0) is 4.74 Å². The number of aliphatic hydroxyl groups is 1. The Labute approximate surface area is 134 Å². The van der Waals surface area contributed by atoms with Crippen LogP contribution in [0.3, 0.4) is 0 Å². The molecule has 2 rings (SSSR count). The minimum atomic E-state index is -0.423. The third kappa shape index (κ3) is 5.76. The molecule has 128 valence electrons. The third-order valence-corrected chi connectivity index (χ3v) is 4.60. The molecular formula is C17H32N2O3. The molecule has 0 radical (unpaired) electrons. The maximum Gasteiger partial charge on any atom is 0.410 e. The van der Waals surface area contributed by atoms with Crippen molar-refractivity contribution >= 4 is 6.09 Å². The summed E-state index contributed by atoms with van der Waals surface area (Å²) in [5.41, 5.74) is -0.423. The third-order valence-electron chi connectivity index (χ3n) is 4.60. The van der Waals surface area contributed by atoms with Gasteiger partial charge in [-0.1, -0.05) is 6.42 Å². The number of likely N-dealkylation sites (tertiary alicyclic amines) is 1. The van der Waals surface area contributed by atoms with Crippen molar-refractivity contribution < 1.29 is 14.6 Å². The maximum atomic E-state index is 12.0. The van der Waals surface area contributed by atoms with Crippen molar-refractivity contribution in [3.05, 3.63) is 0 Å². The lowest BCUT2D eigenvalue weighted by atomic mass is 9.87. The molecule has 5 nitrogen and oxygen atoms in total. The molecular weight excluding hydrogens is 280 g/mol. The van der Waals surface area contributed by atoms with Gasteiger partial charge in [0.15, 0.2) is 0 Å². The van der Waals surface area contributed by atoms with E-state index >= 15 is 0 Å². The standard InChI is InChI=1S/C17H32N2O3/c1-17(2,3)22-16(21)19-9-7-14(8-10-19)18-12-13-5-4-6-15(20)11-13/h13-15,18,20H,4-12H2,1-3H3. The molecule has 1 aliphatic carbocycles. The first kappa shape index (κ1) is 17.5. The van der Waals surface area contributed by atoms with E-state index in [0.717, 1.165) is 51.7 Å². The highest BCUT2D eigenvalue weighted by atomic mass is 16.6. The molecule has 1 saturated heterocycles. The molecule has 22 heavy (non-hydrogen) atoms. The van der Waals surface area contributed by atoms with E-state index in [2.05, 4.69) is 5.32 Å². The Bertz CT molecular complexity index is 359. The van der Waals surface area contributed by atoms with Crippen molar-refractivity contribution in [2.24, 2.45) is 5.92 Å². The van der Waals surface area contributed by atoms with Gasteiger partial charge in [-0.2, -0.15) is 0 Å². The fraction of sp³-hybridized carbons (Fsp3) is 0.941. The van der Waals surface area contributed by atoms with Gasteiger partial charge in [0.05, 0.1) is 6.10 Å². The van der Waals surface area contributed by atoms with E-state index in [0.29, 0.717) is 12.0 Å². The summed E-state index contributed by atoms with van der Waals surface area (Å²) in [6.07, 6.45) is 5.93. The Kier molecular flexibility index (Phi) is 6.09. The van der Waals surface area contributed by atoms with Gasteiger partial charge >= 0.3 is 6.09 Å². The van der Waals surface area contributed by atoms with E-state index in [9.17, 15) is 9.90 Å². The lowest BCUT2D eigenvalue weighted by Gasteiger charge is -2.35. The maximum absolute atomic E-state index is 12.0. The fourth-order valence-electron chi connectivity index (χ4n) is 3.37. The van der Waals surface area contributed by atoms with E-state index in [1.165, 1.54) is 6.42 Å². The lowest BCUT2D eigenvalue weighted by Crippen LogP contribution is -2.47. The average Bonchev–Trinajstić information content (AvgIpc) is 2.44. The summed E-state index contributed by atoms with van der Waals surface area (Å²) in [6, 6.07) is 0.484. The van der Waals surface area contributed by atoms with Gasteiger partial charge in [-0.25, -0.2) is 4.79 Å². The van der Waals surface area contributed by atoms with Gasteiger partial charge in [0, 0.05) is 19.1 Å². The zero-order chi connectivity index (χ0) is 16.2. The Morgan fingerprint density at radius 1 is 1.23 bits per heavy atom. The summed E-state index contributed by atoms with van der Waals surface area (Å²) < 4.78 is 5.42. The Balaban J connectivity index is 1.65. The van der Waals surface area contributed by atoms with Gasteiger partial charge in [0.2, 0.25) is 0 Å². The van der Waals surface area contributed by atoms with Gasteiger partial charge in [0.1, 0.15) is 5.60 Å². The Morgan fingerprint density at radius 3 is 2.50 bits per heavy atom. The number of aliphatic hydroxyl groups excluding tert-OH is 1. The van der Waals surface area contributed by atoms with Crippen LogP contribution in [-0.4, -0.2) is 53.5 Å². The summed E-state index contributed by atoms with van der Waals surface area (Å²) in [7, 11) is 0. The number of nitrogens with one attached hydrogen (secondary N) is 1. The van der Waals surface area contributed by atoms with Crippen molar-refractivity contribution in [3.63, 3.8) is 0 Å². The summed E-state index contributed by atoms with van der Waals surface area (Å²) in [5.74, 6) is 0.604. The number of amides is 1. The zero-order valence-electron chi connectivity index (χ0n) is 14.3. The molecule has 0 bridgehead atoms. The van der Waals surface area contributed by atoms with Crippen LogP contribution in [0.15, 0.2) is 0 Å². The summed E-state index contributed by atoms with van der Waals surface area (Å²) in [6.45, 7) is 8.22. The van der Waals surface area contributed by atoms with E-state index in [4.69, 9.17) is 4.74 Å². The van der Waals surface area contributed by atoms with Crippen LogP contribution in [0, 0.1) is 5.92 Å². The van der Waals surface area contributed by atoms with Crippen LogP contribution in [0.5, 0.6) is 0 Å². The second-order valence-corrected chi connectivity index (χ2v) is 7.84. The molecule has 1 amide bonds. The molecule has 1 aliphatic heterocycles. The SMILES string of the molecule is CC(C)(C)OC(=O)N1CCC(NCC2CCCC(O)C2)CC1.